The molecular formula is C12H19N3O. The van der Waals surface area contributed by atoms with Gasteiger partial charge in [0.25, 0.3) is 0 Å². The van der Waals surface area contributed by atoms with E-state index >= 15 is 0 Å². The van der Waals surface area contributed by atoms with Crippen molar-refractivity contribution in [3.05, 3.63) is 18.1 Å². The van der Waals surface area contributed by atoms with Crippen LogP contribution < -0.4 is 5.32 Å². The molecule has 4 nitrogen and oxygen atoms in total. The summed E-state index contributed by atoms with van der Waals surface area (Å²) in [5, 5.41) is 13.0. The fourth-order valence-corrected chi connectivity index (χ4v) is 2.18. The molecule has 1 aliphatic rings. The minimum absolute atomic E-state index is 0.139. The highest BCUT2D eigenvalue weighted by molar-refractivity contribution is 5.34. The lowest BCUT2D eigenvalue weighted by molar-refractivity contribution is 0.138. The Kier molecular flexibility index (Phi) is 3.72. The predicted molar refractivity (Wildman–Crippen MR) is 63.2 cm³/mol. The first-order valence-electron chi connectivity index (χ1n) is 6.02. The average molecular weight is 221 g/mol. The Morgan fingerprint density at radius 1 is 1.44 bits per heavy atom. The molecule has 0 radical (unpaired) electrons. The van der Waals surface area contributed by atoms with Crippen molar-refractivity contribution in [2.75, 3.05) is 11.9 Å². The summed E-state index contributed by atoms with van der Waals surface area (Å²) in [7, 11) is 0. The maximum absolute atomic E-state index is 9.69. The van der Waals surface area contributed by atoms with Gasteiger partial charge in [0.1, 0.15) is 12.1 Å². The van der Waals surface area contributed by atoms with Crippen LogP contribution in [-0.2, 0) is 6.42 Å². The van der Waals surface area contributed by atoms with Crippen LogP contribution in [-0.4, -0.2) is 27.7 Å². The lowest BCUT2D eigenvalue weighted by Gasteiger charge is -2.15. The van der Waals surface area contributed by atoms with Gasteiger partial charge in [-0.3, -0.25) is 0 Å². The second kappa shape index (κ2) is 5.25. The molecule has 1 aromatic heterocycles. The minimum Gasteiger partial charge on any atom is -0.393 e. The van der Waals surface area contributed by atoms with Gasteiger partial charge in [-0.25, -0.2) is 9.97 Å². The molecule has 0 saturated heterocycles. The highest BCUT2D eigenvalue weighted by Gasteiger charge is 2.24. The summed E-state index contributed by atoms with van der Waals surface area (Å²) in [5.41, 5.74) is 1.05. The van der Waals surface area contributed by atoms with Gasteiger partial charge in [0, 0.05) is 24.2 Å². The zero-order valence-electron chi connectivity index (χ0n) is 9.69. The van der Waals surface area contributed by atoms with Gasteiger partial charge in [0.2, 0.25) is 0 Å². The van der Waals surface area contributed by atoms with E-state index in [0.717, 1.165) is 43.7 Å². The highest BCUT2D eigenvalue weighted by Crippen LogP contribution is 2.25. The predicted octanol–water partition coefficient (Wildman–Crippen LogP) is 1.61. The molecule has 0 amide bonds. The van der Waals surface area contributed by atoms with Crippen LogP contribution in [0.4, 0.5) is 5.82 Å². The zero-order valence-corrected chi connectivity index (χ0v) is 9.69. The molecule has 1 aliphatic carbocycles. The summed E-state index contributed by atoms with van der Waals surface area (Å²) in [6.07, 6.45) is 5.56. The Balaban J connectivity index is 1.88. The van der Waals surface area contributed by atoms with Crippen LogP contribution in [0.5, 0.6) is 0 Å². The van der Waals surface area contributed by atoms with Gasteiger partial charge in [-0.2, -0.15) is 0 Å². The Morgan fingerprint density at radius 2 is 2.31 bits per heavy atom. The third-order valence-corrected chi connectivity index (χ3v) is 3.25. The number of aliphatic hydroxyl groups is 1. The molecule has 88 valence electrons. The van der Waals surface area contributed by atoms with E-state index in [2.05, 4.69) is 22.2 Å². The number of aryl methyl sites for hydroxylation is 1. The molecule has 2 unspecified atom stereocenters. The summed E-state index contributed by atoms with van der Waals surface area (Å²) in [6, 6.07) is 1.97. The standard InChI is InChI=1S/C12H19N3O/c1-2-10-6-12(15-8-14-10)13-7-9-4-3-5-11(9)16/h6,8-9,11,16H,2-5,7H2,1H3,(H,13,14,15). The molecular weight excluding hydrogens is 202 g/mol. The van der Waals surface area contributed by atoms with Crippen LogP contribution in [0.2, 0.25) is 0 Å². The van der Waals surface area contributed by atoms with Crippen molar-refractivity contribution in [2.45, 2.75) is 38.7 Å². The number of hydrogen-bond acceptors (Lipinski definition) is 4. The molecule has 1 fully saturated rings. The third kappa shape index (κ3) is 2.70. The van der Waals surface area contributed by atoms with Crippen molar-refractivity contribution in [1.82, 2.24) is 9.97 Å². The number of nitrogens with zero attached hydrogens (tertiary/aromatic N) is 2. The fraction of sp³-hybridized carbons (Fsp3) is 0.667. The second-order valence-corrected chi connectivity index (χ2v) is 4.39. The first-order chi connectivity index (χ1) is 7.79. The number of aromatic nitrogens is 2. The van der Waals surface area contributed by atoms with E-state index in [1.807, 2.05) is 6.07 Å². The maximum atomic E-state index is 9.69. The minimum atomic E-state index is -0.139. The van der Waals surface area contributed by atoms with Crippen molar-refractivity contribution in [3.8, 4) is 0 Å². The smallest absolute Gasteiger partial charge is 0.129 e. The number of anilines is 1. The Bertz CT molecular complexity index is 343. The Morgan fingerprint density at radius 3 is 3.00 bits per heavy atom. The Hall–Kier alpha value is -1.16. The van der Waals surface area contributed by atoms with Gasteiger partial charge in [-0.05, 0) is 19.3 Å². The van der Waals surface area contributed by atoms with Crippen molar-refractivity contribution >= 4 is 5.82 Å². The fourth-order valence-electron chi connectivity index (χ4n) is 2.18. The summed E-state index contributed by atoms with van der Waals surface area (Å²) < 4.78 is 0. The van der Waals surface area contributed by atoms with Crippen molar-refractivity contribution in [1.29, 1.82) is 0 Å². The summed E-state index contributed by atoms with van der Waals surface area (Å²) in [6.45, 7) is 2.88. The van der Waals surface area contributed by atoms with Crippen LogP contribution in [0, 0.1) is 5.92 Å². The van der Waals surface area contributed by atoms with E-state index in [1.165, 1.54) is 0 Å². The van der Waals surface area contributed by atoms with Crippen LogP contribution in [0.15, 0.2) is 12.4 Å². The molecule has 0 aromatic carbocycles. The third-order valence-electron chi connectivity index (χ3n) is 3.25. The molecule has 2 N–H and O–H groups in total. The van der Waals surface area contributed by atoms with Crippen LogP contribution in [0.1, 0.15) is 31.9 Å². The van der Waals surface area contributed by atoms with Gasteiger partial charge in [0.15, 0.2) is 0 Å². The van der Waals surface area contributed by atoms with E-state index in [0.29, 0.717) is 5.92 Å². The van der Waals surface area contributed by atoms with Gasteiger partial charge >= 0.3 is 0 Å². The van der Waals surface area contributed by atoms with Gasteiger partial charge in [0.05, 0.1) is 6.10 Å². The summed E-state index contributed by atoms with van der Waals surface area (Å²) >= 11 is 0. The molecule has 1 heterocycles. The lowest BCUT2D eigenvalue weighted by Crippen LogP contribution is -2.22. The maximum Gasteiger partial charge on any atom is 0.129 e. The molecule has 2 atom stereocenters. The molecule has 0 spiro atoms. The van der Waals surface area contributed by atoms with Crippen molar-refractivity contribution in [2.24, 2.45) is 5.92 Å². The molecule has 0 bridgehead atoms. The van der Waals surface area contributed by atoms with E-state index in [9.17, 15) is 5.11 Å². The van der Waals surface area contributed by atoms with Crippen LogP contribution in [0.3, 0.4) is 0 Å². The number of rotatable bonds is 4. The first-order valence-corrected chi connectivity index (χ1v) is 6.02. The van der Waals surface area contributed by atoms with Gasteiger partial charge < -0.3 is 10.4 Å². The normalized spacial score (nSPS) is 24.6. The molecule has 2 rings (SSSR count). The largest absolute Gasteiger partial charge is 0.393 e. The van der Waals surface area contributed by atoms with E-state index in [4.69, 9.17) is 0 Å². The van der Waals surface area contributed by atoms with Crippen LogP contribution in [0.25, 0.3) is 0 Å². The SMILES string of the molecule is CCc1cc(NCC2CCCC2O)ncn1. The summed E-state index contributed by atoms with van der Waals surface area (Å²) in [5.74, 6) is 1.24. The molecule has 16 heavy (non-hydrogen) atoms. The topological polar surface area (TPSA) is 58.0 Å². The lowest BCUT2D eigenvalue weighted by atomic mass is 10.1. The molecule has 1 aromatic rings. The number of hydrogen-bond donors (Lipinski definition) is 2. The molecule has 0 aliphatic heterocycles. The Labute approximate surface area is 96.1 Å². The van der Waals surface area contributed by atoms with Crippen LogP contribution >= 0.6 is 0 Å². The zero-order chi connectivity index (χ0) is 11.4. The van der Waals surface area contributed by atoms with Crippen molar-refractivity contribution < 1.29 is 5.11 Å². The quantitative estimate of drug-likeness (QED) is 0.811. The van der Waals surface area contributed by atoms with Crippen molar-refractivity contribution in [3.63, 3.8) is 0 Å². The molecule has 4 heteroatoms. The van der Waals surface area contributed by atoms with E-state index in [-0.39, 0.29) is 6.10 Å². The van der Waals surface area contributed by atoms with E-state index < -0.39 is 0 Å². The number of nitrogens with one attached hydrogen (secondary N) is 1. The van der Waals surface area contributed by atoms with E-state index in [1.54, 1.807) is 6.33 Å². The monoisotopic (exact) mass is 221 g/mol. The highest BCUT2D eigenvalue weighted by atomic mass is 16.3. The summed E-state index contributed by atoms with van der Waals surface area (Å²) in [4.78, 5) is 8.32. The molecule has 1 saturated carbocycles. The number of aliphatic hydroxyl groups excluding tert-OH is 1. The average Bonchev–Trinajstić information content (AvgIpc) is 2.72. The first kappa shape index (κ1) is 11.3. The van der Waals surface area contributed by atoms with Gasteiger partial charge in [-0.1, -0.05) is 13.3 Å². The van der Waals surface area contributed by atoms with Gasteiger partial charge in [-0.15, -0.1) is 0 Å². The second-order valence-electron chi connectivity index (χ2n) is 4.39.